The number of aromatic nitrogens is 3. The van der Waals surface area contributed by atoms with Crippen molar-refractivity contribution < 1.29 is 19.1 Å². The summed E-state index contributed by atoms with van der Waals surface area (Å²) in [7, 11) is 1.57. The summed E-state index contributed by atoms with van der Waals surface area (Å²) >= 11 is 0. The van der Waals surface area contributed by atoms with E-state index in [2.05, 4.69) is 32.7 Å². The fraction of sp³-hybridized carbons (Fsp3) is 0.414. The van der Waals surface area contributed by atoms with E-state index in [1.807, 2.05) is 24.3 Å². The topological polar surface area (TPSA) is 134 Å². The first-order chi connectivity index (χ1) is 20.0. The standard InChI is InChI=1S/C29H34N8O4/c1-18-15-40-14-13-36(18)27-33-25(34-28(35-27)37-23-11-12-24(37)17-41-16-23)19-3-7-21(8-4-19)31-29(39)32-22-9-5-20(6-10-22)26(38)30-2/h3-10,18,23-24H,11-17H2,1-2H3,(H,30,38)(H2,31,32,39)/t18-,23?,24?/m1/s1. The summed E-state index contributed by atoms with van der Waals surface area (Å²) in [6.45, 7) is 5.45. The maximum Gasteiger partial charge on any atom is 0.323 e. The molecule has 3 amide bonds. The Morgan fingerprint density at radius 3 is 2.10 bits per heavy atom. The molecule has 214 valence electrons. The largest absolute Gasteiger partial charge is 0.377 e. The Morgan fingerprint density at radius 1 is 0.829 bits per heavy atom. The van der Waals surface area contributed by atoms with Crippen LogP contribution in [-0.2, 0) is 9.47 Å². The molecular formula is C29H34N8O4. The predicted molar refractivity (Wildman–Crippen MR) is 155 cm³/mol. The normalized spacial score (nSPS) is 21.9. The lowest BCUT2D eigenvalue weighted by Crippen LogP contribution is -2.48. The van der Waals surface area contributed by atoms with Gasteiger partial charge in [0.15, 0.2) is 5.82 Å². The van der Waals surface area contributed by atoms with Crippen LogP contribution < -0.4 is 25.8 Å². The highest BCUT2D eigenvalue weighted by Gasteiger charge is 2.39. The predicted octanol–water partition coefficient (Wildman–Crippen LogP) is 3.13. The van der Waals surface area contributed by atoms with Gasteiger partial charge in [0.05, 0.1) is 44.6 Å². The third-order valence-electron chi connectivity index (χ3n) is 7.74. The molecule has 4 heterocycles. The molecule has 3 N–H and O–H groups in total. The molecule has 0 spiro atoms. The second-order valence-corrected chi connectivity index (χ2v) is 10.5. The lowest BCUT2D eigenvalue weighted by molar-refractivity contribution is 0.0895. The van der Waals surface area contributed by atoms with Gasteiger partial charge in [-0.25, -0.2) is 4.79 Å². The third-order valence-corrected chi connectivity index (χ3v) is 7.74. The van der Waals surface area contributed by atoms with E-state index in [1.165, 1.54) is 0 Å². The summed E-state index contributed by atoms with van der Waals surface area (Å²) in [5.74, 6) is 1.73. The monoisotopic (exact) mass is 558 g/mol. The second-order valence-electron chi connectivity index (χ2n) is 10.5. The smallest absolute Gasteiger partial charge is 0.323 e. The van der Waals surface area contributed by atoms with Crippen molar-refractivity contribution in [1.82, 2.24) is 20.3 Å². The molecule has 2 unspecified atom stereocenters. The minimum absolute atomic E-state index is 0.151. The lowest BCUT2D eigenvalue weighted by Gasteiger charge is -2.36. The highest BCUT2D eigenvalue weighted by molar-refractivity contribution is 6.00. The number of amides is 3. The van der Waals surface area contributed by atoms with E-state index in [4.69, 9.17) is 24.4 Å². The van der Waals surface area contributed by atoms with Gasteiger partial charge < -0.3 is 35.2 Å². The van der Waals surface area contributed by atoms with Gasteiger partial charge in [0.25, 0.3) is 5.91 Å². The molecule has 12 nitrogen and oxygen atoms in total. The Morgan fingerprint density at radius 2 is 1.46 bits per heavy atom. The van der Waals surface area contributed by atoms with E-state index >= 15 is 0 Å². The van der Waals surface area contributed by atoms with Crippen LogP contribution in [0.5, 0.6) is 0 Å². The SMILES string of the molecule is CNC(=O)c1ccc(NC(=O)Nc2ccc(-c3nc(N4C5CCC4COC5)nc(N4CCOC[C@H]4C)n3)cc2)cc1. The van der Waals surface area contributed by atoms with Crippen LogP contribution in [0, 0.1) is 0 Å². The zero-order chi connectivity index (χ0) is 28.3. The number of ether oxygens (including phenoxy) is 2. The molecule has 41 heavy (non-hydrogen) atoms. The van der Waals surface area contributed by atoms with Gasteiger partial charge in [0.2, 0.25) is 11.9 Å². The number of carbonyl (C=O) groups is 2. The number of benzene rings is 2. The number of nitrogens with zero attached hydrogens (tertiary/aromatic N) is 5. The van der Waals surface area contributed by atoms with Crippen LogP contribution in [-0.4, -0.2) is 85.0 Å². The van der Waals surface area contributed by atoms with Crippen molar-refractivity contribution in [3.63, 3.8) is 0 Å². The number of fused-ring (bicyclic) bond motifs is 2. The lowest BCUT2D eigenvalue weighted by atomic mass is 10.2. The second kappa shape index (κ2) is 11.7. The molecule has 3 saturated heterocycles. The maximum absolute atomic E-state index is 12.6. The van der Waals surface area contributed by atoms with Crippen molar-refractivity contribution in [2.45, 2.75) is 37.9 Å². The maximum atomic E-state index is 12.6. The van der Waals surface area contributed by atoms with Crippen LogP contribution >= 0.6 is 0 Å². The molecule has 0 radical (unpaired) electrons. The van der Waals surface area contributed by atoms with Crippen molar-refractivity contribution in [3.05, 3.63) is 54.1 Å². The first-order valence-electron chi connectivity index (χ1n) is 14.0. The molecule has 12 heteroatoms. The van der Waals surface area contributed by atoms with E-state index in [-0.39, 0.29) is 30.1 Å². The molecule has 3 aliphatic rings. The van der Waals surface area contributed by atoms with Gasteiger partial charge >= 0.3 is 6.03 Å². The van der Waals surface area contributed by atoms with Crippen LogP contribution in [0.4, 0.5) is 28.1 Å². The number of nitrogens with one attached hydrogen (secondary N) is 3. The molecule has 2 aromatic carbocycles. The average molecular weight is 559 g/mol. The van der Waals surface area contributed by atoms with E-state index in [9.17, 15) is 9.59 Å². The summed E-state index contributed by atoms with van der Waals surface area (Å²) in [4.78, 5) is 43.5. The quantitative estimate of drug-likeness (QED) is 0.417. The molecule has 2 bridgehead atoms. The number of anilines is 4. The van der Waals surface area contributed by atoms with E-state index in [0.29, 0.717) is 67.6 Å². The van der Waals surface area contributed by atoms with Crippen LogP contribution in [0.1, 0.15) is 30.1 Å². The van der Waals surface area contributed by atoms with Gasteiger partial charge in [-0.05, 0) is 68.3 Å². The number of urea groups is 1. The summed E-state index contributed by atoms with van der Waals surface area (Å²) in [5.41, 5.74) is 2.54. The molecule has 0 saturated carbocycles. The number of hydrogen-bond acceptors (Lipinski definition) is 9. The fourth-order valence-corrected chi connectivity index (χ4v) is 5.55. The summed E-state index contributed by atoms with van der Waals surface area (Å²) in [5, 5.41) is 8.20. The Bertz CT molecular complexity index is 1380. The Balaban J connectivity index is 1.21. The van der Waals surface area contributed by atoms with Gasteiger partial charge in [0.1, 0.15) is 0 Å². The van der Waals surface area contributed by atoms with Crippen molar-refractivity contribution in [3.8, 4) is 11.4 Å². The van der Waals surface area contributed by atoms with Crippen LogP contribution in [0.15, 0.2) is 48.5 Å². The van der Waals surface area contributed by atoms with Crippen LogP contribution in [0.25, 0.3) is 11.4 Å². The molecule has 3 atom stereocenters. The summed E-state index contributed by atoms with van der Waals surface area (Å²) in [6.07, 6.45) is 2.13. The molecule has 3 fully saturated rings. The Hall–Kier alpha value is -4.29. The van der Waals surface area contributed by atoms with Gasteiger partial charge in [-0.3, -0.25) is 4.79 Å². The van der Waals surface area contributed by atoms with Gasteiger partial charge in [-0.15, -0.1) is 0 Å². The summed E-state index contributed by atoms with van der Waals surface area (Å²) in [6, 6.07) is 14.4. The number of carbonyl (C=O) groups excluding carboxylic acids is 2. The van der Waals surface area contributed by atoms with E-state index in [1.54, 1.807) is 31.3 Å². The molecule has 1 aromatic heterocycles. The summed E-state index contributed by atoms with van der Waals surface area (Å²) < 4.78 is 11.4. The van der Waals surface area contributed by atoms with Crippen LogP contribution in [0.2, 0.25) is 0 Å². The third kappa shape index (κ3) is 5.79. The van der Waals surface area contributed by atoms with Gasteiger partial charge in [0, 0.05) is 36.1 Å². The minimum atomic E-state index is -0.390. The van der Waals surface area contributed by atoms with Crippen LogP contribution in [0.3, 0.4) is 0 Å². The zero-order valence-corrected chi connectivity index (χ0v) is 23.2. The average Bonchev–Trinajstić information content (AvgIpc) is 3.25. The van der Waals surface area contributed by atoms with Crippen molar-refractivity contribution in [1.29, 1.82) is 0 Å². The van der Waals surface area contributed by atoms with Crippen molar-refractivity contribution in [2.75, 3.05) is 60.5 Å². The highest BCUT2D eigenvalue weighted by atomic mass is 16.5. The molecule has 0 aliphatic carbocycles. The van der Waals surface area contributed by atoms with Gasteiger partial charge in [-0.2, -0.15) is 15.0 Å². The molecular weight excluding hydrogens is 524 g/mol. The molecule has 6 rings (SSSR count). The number of morpholine rings is 2. The van der Waals surface area contributed by atoms with Gasteiger partial charge in [-0.1, -0.05) is 0 Å². The Labute approximate surface area is 238 Å². The molecule has 3 aliphatic heterocycles. The zero-order valence-electron chi connectivity index (χ0n) is 23.2. The highest BCUT2D eigenvalue weighted by Crippen LogP contribution is 2.34. The minimum Gasteiger partial charge on any atom is -0.377 e. The number of hydrogen-bond donors (Lipinski definition) is 3. The first-order valence-corrected chi connectivity index (χ1v) is 14.0. The fourth-order valence-electron chi connectivity index (χ4n) is 5.55. The van der Waals surface area contributed by atoms with E-state index < -0.39 is 0 Å². The first kappa shape index (κ1) is 26.9. The molecule has 3 aromatic rings. The van der Waals surface area contributed by atoms with Crippen molar-refractivity contribution >= 4 is 35.2 Å². The van der Waals surface area contributed by atoms with Crippen molar-refractivity contribution in [2.24, 2.45) is 0 Å². The van der Waals surface area contributed by atoms with E-state index in [0.717, 1.165) is 18.4 Å². The Kier molecular flexibility index (Phi) is 7.66. The number of rotatable bonds is 6.